The Morgan fingerprint density at radius 3 is 2.83 bits per heavy atom. The largest absolute Gasteiger partial charge is 0.381 e. The normalized spacial score (nSPS) is 36.4. The number of alkyl halides is 1. The molecular formula is C9H15ClO2. The monoisotopic (exact) mass is 190 g/mol. The van der Waals surface area contributed by atoms with Crippen LogP contribution in [0.2, 0.25) is 0 Å². The zero-order valence-corrected chi connectivity index (χ0v) is 8.10. The van der Waals surface area contributed by atoms with Gasteiger partial charge in [0, 0.05) is 6.42 Å². The van der Waals surface area contributed by atoms with Gasteiger partial charge in [0.1, 0.15) is 5.60 Å². The first-order valence-electron chi connectivity index (χ1n) is 4.51. The molecule has 1 aliphatic rings. The molecule has 12 heavy (non-hydrogen) atoms. The second kappa shape index (κ2) is 3.75. The molecule has 1 aliphatic carbocycles. The van der Waals surface area contributed by atoms with E-state index in [0.717, 1.165) is 19.3 Å². The summed E-state index contributed by atoms with van der Waals surface area (Å²) in [6.45, 7) is 1.76. The molecule has 0 aromatic carbocycles. The molecule has 0 unspecified atom stereocenters. The van der Waals surface area contributed by atoms with Crippen molar-refractivity contribution in [1.29, 1.82) is 0 Å². The van der Waals surface area contributed by atoms with Crippen LogP contribution in [0.1, 0.15) is 39.0 Å². The van der Waals surface area contributed by atoms with Gasteiger partial charge in [0.05, 0.1) is 5.38 Å². The number of carbonyl (C=O) groups excluding carboxylic acids is 1. The Morgan fingerprint density at radius 2 is 2.33 bits per heavy atom. The summed E-state index contributed by atoms with van der Waals surface area (Å²) in [6, 6.07) is 0. The van der Waals surface area contributed by atoms with Crippen molar-refractivity contribution in [3.8, 4) is 0 Å². The Kier molecular flexibility index (Phi) is 3.13. The van der Waals surface area contributed by atoms with E-state index in [-0.39, 0.29) is 11.2 Å². The van der Waals surface area contributed by atoms with Crippen LogP contribution in [0.4, 0.5) is 0 Å². The first-order valence-corrected chi connectivity index (χ1v) is 4.94. The van der Waals surface area contributed by atoms with Crippen LogP contribution in [-0.2, 0) is 4.79 Å². The molecule has 0 spiro atoms. The van der Waals surface area contributed by atoms with Gasteiger partial charge < -0.3 is 5.11 Å². The van der Waals surface area contributed by atoms with Gasteiger partial charge in [-0.15, -0.1) is 11.6 Å². The van der Waals surface area contributed by atoms with Crippen molar-refractivity contribution in [3.63, 3.8) is 0 Å². The number of ketones is 1. The Hall–Kier alpha value is -0.0800. The number of rotatable bonds is 2. The third kappa shape index (κ3) is 1.64. The van der Waals surface area contributed by atoms with Crippen LogP contribution >= 0.6 is 11.6 Å². The molecule has 0 aromatic rings. The van der Waals surface area contributed by atoms with Crippen molar-refractivity contribution < 1.29 is 9.90 Å². The van der Waals surface area contributed by atoms with Crippen LogP contribution in [0.15, 0.2) is 0 Å². The molecule has 2 nitrogen and oxygen atoms in total. The topological polar surface area (TPSA) is 37.3 Å². The van der Waals surface area contributed by atoms with Crippen LogP contribution in [0, 0.1) is 0 Å². The van der Waals surface area contributed by atoms with Crippen molar-refractivity contribution in [2.75, 3.05) is 0 Å². The molecule has 0 aliphatic heterocycles. The van der Waals surface area contributed by atoms with Crippen molar-refractivity contribution in [1.82, 2.24) is 0 Å². The number of aliphatic hydroxyl groups is 1. The van der Waals surface area contributed by atoms with Crippen LogP contribution in [-0.4, -0.2) is 21.9 Å². The molecule has 0 amide bonds. The van der Waals surface area contributed by atoms with E-state index in [2.05, 4.69) is 0 Å². The molecule has 0 saturated heterocycles. The molecule has 0 aromatic heterocycles. The maximum Gasteiger partial charge on any atom is 0.165 e. The SMILES string of the molecule is CCC(=O)[C@]1(O)CCCC[C@H]1Cl. The number of carbonyl (C=O) groups is 1. The molecule has 0 bridgehead atoms. The van der Waals surface area contributed by atoms with E-state index in [1.807, 2.05) is 0 Å². The number of halogens is 1. The van der Waals surface area contributed by atoms with E-state index in [1.54, 1.807) is 6.92 Å². The number of hydrogen-bond donors (Lipinski definition) is 1. The van der Waals surface area contributed by atoms with Gasteiger partial charge in [0.25, 0.3) is 0 Å². The minimum atomic E-state index is -1.23. The van der Waals surface area contributed by atoms with Crippen LogP contribution < -0.4 is 0 Å². The maximum absolute atomic E-state index is 11.4. The Morgan fingerprint density at radius 1 is 1.67 bits per heavy atom. The Balaban J connectivity index is 2.72. The van der Waals surface area contributed by atoms with Crippen LogP contribution in [0.25, 0.3) is 0 Å². The third-order valence-corrected chi connectivity index (χ3v) is 3.17. The number of Topliss-reactive ketones (excluding diaryl/α,β-unsaturated/α-hetero) is 1. The van der Waals surface area contributed by atoms with E-state index in [9.17, 15) is 9.90 Å². The zero-order valence-electron chi connectivity index (χ0n) is 7.35. The fourth-order valence-electron chi connectivity index (χ4n) is 1.73. The average molecular weight is 191 g/mol. The van der Waals surface area contributed by atoms with Gasteiger partial charge in [-0.2, -0.15) is 0 Å². The molecule has 1 N–H and O–H groups in total. The molecule has 1 saturated carbocycles. The van der Waals surface area contributed by atoms with Gasteiger partial charge in [-0.1, -0.05) is 19.8 Å². The first kappa shape index (κ1) is 10.0. The van der Waals surface area contributed by atoms with E-state index in [1.165, 1.54) is 0 Å². The predicted molar refractivity (Wildman–Crippen MR) is 48.4 cm³/mol. The highest BCUT2D eigenvalue weighted by Gasteiger charge is 2.42. The summed E-state index contributed by atoms with van der Waals surface area (Å²) in [7, 11) is 0. The fourth-order valence-corrected chi connectivity index (χ4v) is 2.12. The van der Waals surface area contributed by atoms with Gasteiger partial charge in [-0.05, 0) is 12.8 Å². The summed E-state index contributed by atoms with van der Waals surface area (Å²) in [5, 5.41) is 9.55. The molecule has 1 rings (SSSR count). The Bertz CT molecular complexity index is 181. The van der Waals surface area contributed by atoms with Gasteiger partial charge in [0.15, 0.2) is 5.78 Å². The zero-order chi connectivity index (χ0) is 9.19. The van der Waals surface area contributed by atoms with Crippen LogP contribution in [0.5, 0.6) is 0 Å². The predicted octanol–water partition coefficient (Wildman–Crippen LogP) is 1.88. The molecule has 0 radical (unpaired) electrons. The molecule has 0 heterocycles. The summed E-state index contributed by atoms with van der Waals surface area (Å²) < 4.78 is 0. The summed E-state index contributed by atoms with van der Waals surface area (Å²) >= 11 is 5.93. The third-order valence-electron chi connectivity index (χ3n) is 2.59. The number of hydrogen-bond acceptors (Lipinski definition) is 2. The molecule has 2 atom stereocenters. The lowest BCUT2D eigenvalue weighted by Gasteiger charge is -2.34. The lowest BCUT2D eigenvalue weighted by atomic mass is 9.80. The van der Waals surface area contributed by atoms with Gasteiger partial charge in [-0.25, -0.2) is 0 Å². The van der Waals surface area contributed by atoms with E-state index >= 15 is 0 Å². The lowest BCUT2D eigenvalue weighted by Crippen LogP contribution is -2.48. The lowest BCUT2D eigenvalue weighted by molar-refractivity contribution is -0.139. The highest BCUT2D eigenvalue weighted by Crippen LogP contribution is 2.33. The smallest absolute Gasteiger partial charge is 0.165 e. The maximum atomic E-state index is 11.4. The molecule has 3 heteroatoms. The standard InChI is InChI=1S/C9H15ClO2/c1-2-8(11)9(12)6-4-3-5-7(9)10/h7,12H,2-6H2,1H3/t7-,9+/m1/s1. The summed E-state index contributed by atoms with van der Waals surface area (Å²) in [5.74, 6) is -0.109. The van der Waals surface area contributed by atoms with E-state index < -0.39 is 5.60 Å². The van der Waals surface area contributed by atoms with Gasteiger partial charge in [0.2, 0.25) is 0 Å². The second-order valence-corrected chi connectivity index (χ2v) is 3.94. The van der Waals surface area contributed by atoms with Gasteiger partial charge in [-0.3, -0.25) is 4.79 Å². The van der Waals surface area contributed by atoms with Crippen molar-refractivity contribution in [2.45, 2.75) is 50.0 Å². The summed E-state index contributed by atoms with van der Waals surface area (Å²) in [4.78, 5) is 11.4. The first-order chi connectivity index (χ1) is 5.61. The minimum Gasteiger partial charge on any atom is -0.381 e. The van der Waals surface area contributed by atoms with E-state index in [4.69, 9.17) is 11.6 Å². The summed E-state index contributed by atoms with van der Waals surface area (Å²) in [5.41, 5.74) is -1.23. The Labute approximate surface area is 77.9 Å². The van der Waals surface area contributed by atoms with Gasteiger partial charge >= 0.3 is 0 Å². The molecule has 70 valence electrons. The quantitative estimate of drug-likeness (QED) is 0.676. The fraction of sp³-hybridized carbons (Fsp3) is 0.889. The van der Waals surface area contributed by atoms with Crippen molar-refractivity contribution >= 4 is 17.4 Å². The second-order valence-electron chi connectivity index (χ2n) is 3.41. The summed E-state index contributed by atoms with van der Waals surface area (Å²) in [6.07, 6.45) is 3.59. The average Bonchev–Trinajstić information content (AvgIpc) is 2.09. The molecule has 1 fully saturated rings. The molecular weight excluding hydrogens is 176 g/mol. The van der Waals surface area contributed by atoms with Crippen molar-refractivity contribution in [3.05, 3.63) is 0 Å². The van der Waals surface area contributed by atoms with Crippen molar-refractivity contribution in [2.24, 2.45) is 0 Å². The highest BCUT2D eigenvalue weighted by atomic mass is 35.5. The minimum absolute atomic E-state index is 0.109. The highest BCUT2D eigenvalue weighted by molar-refractivity contribution is 6.23. The van der Waals surface area contributed by atoms with E-state index in [0.29, 0.717) is 12.8 Å². The van der Waals surface area contributed by atoms with Crippen LogP contribution in [0.3, 0.4) is 0 Å².